The number of hydrogen-bond donors (Lipinski definition) is 2. The predicted molar refractivity (Wildman–Crippen MR) is 141 cm³/mol. The molecule has 37 heavy (non-hydrogen) atoms. The van der Waals surface area contributed by atoms with E-state index < -0.39 is 6.04 Å². The molecule has 0 spiro atoms. The molecule has 2 heterocycles. The largest absolute Gasteiger partial charge is 0.457 e. The average molecular weight is 504 g/mol. The fourth-order valence-corrected chi connectivity index (χ4v) is 4.43. The van der Waals surface area contributed by atoms with E-state index in [2.05, 4.69) is 17.2 Å². The van der Waals surface area contributed by atoms with E-state index in [0.29, 0.717) is 29.3 Å². The second-order valence-electron chi connectivity index (χ2n) is 9.26. The lowest BCUT2D eigenvalue weighted by atomic mass is 9.95. The quantitative estimate of drug-likeness (QED) is 0.460. The Labute approximate surface area is 217 Å². The molecule has 0 saturated heterocycles. The molecule has 2 aromatic carbocycles. The summed E-state index contributed by atoms with van der Waals surface area (Å²) >= 11 is 0. The van der Waals surface area contributed by atoms with Gasteiger partial charge in [0, 0.05) is 32.6 Å². The van der Waals surface area contributed by atoms with Gasteiger partial charge in [-0.05, 0) is 43.9 Å². The number of nitrogens with one attached hydrogen (secondary N) is 2. The molecular formula is C28H33N5O4. The first-order valence-corrected chi connectivity index (χ1v) is 12.3. The molecule has 9 heteroatoms. The normalized spacial score (nSPS) is 17.1. The standard InChI is InChI=1S/C28H33N5O4/c1-4-15-33-23-19-32(16-13-24(34)29-14-17-31(2)3)27(35)25(23)26(30-28(33)36)20-9-8-12-22(18-20)37-21-10-6-5-7-11-21/h4-12,18,26H,1,13-17,19H2,2-3H3,(H,29,34)(H,30,36). The number of ether oxygens (including phenoxy) is 1. The molecule has 2 aliphatic rings. The van der Waals surface area contributed by atoms with E-state index >= 15 is 0 Å². The van der Waals surface area contributed by atoms with Crippen LogP contribution in [0.2, 0.25) is 0 Å². The van der Waals surface area contributed by atoms with E-state index in [9.17, 15) is 14.4 Å². The van der Waals surface area contributed by atoms with Gasteiger partial charge < -0.3 is 25.2 Å². The molecule has 0 aromatic heterocycles. The average Bonchev–Trinajstić information content (AvgIpc) is 3.21. The highest BCUT2D eigenvalue weighted by molar-refractivity contribution is 6.01. The molecule has 1 unspecified atom stereocenters. The van der Waals surface area contributed by atoms with Crippen LogP contribution in [0.1, 0.15) is 18.0 Å². The van der Waals surface area contributed by atoms with Crippen LogP contribution in [0.4, 0.5) is 4.79 Å². The second-order valence-corrected chi connectivity index (χ2v) is 9.26. The van der Waals surface area contributed by atoms with Crippen LogP contribution in [0.5, 0.6) is 11.5 Å². The van der Waals surface area contributed by atoms with Gasteiger partial charge in [0.05, 0.1) is 23.9 Å². The van der Waals surface area contributed by atoms with Crippen molar-refractivity contribution in [2.45, 2.75) is 12.5 Å². The Morgan fingerprint density at radius 3 is 2.65 bits per heavy atom. The highest BCUT2D eigenvalue weighted by atomic mass is 16.5. The summed E-state index contributed by atoms with van der Waals surface area (Å²) in [5, 5.41) is 5.85. The third kappa shape index (κ3) is 6.18. The Kier molecular flexibility index (Phi) is 8.25. The number of benzene rings is 2. The van der Waals surface area contributed by atoms with Crippen molar-refractivity contribution in [3.8, 4) is 11.5 Å². The Balaban J connectivity index is 1.53. The topological polar surface area (TPSA) is 94.2 Å². The molecule has 0 fully saturated rings. The van der Waals surface area contributed by atoms with Gasteiger partial charge >= 0.3 is 6.03 Å². The summed E-state index contributed by atoms with van der Waals surface area (Å²) in [6.07, 6.45) is 1.82. The van der Waals surface area contributed by atoms with Crippen molar-refractivity contribution in [2.24, 2.45) is 0 Å². The van der Waals surface area contributed by atoms with Gasteiger partial charge in [-0.1, -0.05) is 36.4 Å². The van der Waals surface area contributed by atoms with E-state index in [1.807, 2.05) is 73.6 Å². The van der Waals surface area contributed by atoms with Crippen LogP contribution in [0, 0.1) is 0 Å². The molecule has 194 valence electrons. The van der Waals surface area contributed by atoms with E-state index in [-0.39, 0.29) is 43.9 Å². The molecule has 2 N–H and O–H groups in total. The number of likely N-dealkylation sites (N-methyl/N-ethyl adjacent to an activating group) is 1. The Hall–Kier alpha value is -4.11. The van der Waals surface area contributed by atoms with E-state index in [1.165, 1.54) is 4.90 Å². The van der Waals surface area contributed by atoms with Gasteiger partial charge in [-0.25, -0.2) is 4.79 Å². The van der Waals surface area contributed by atoms with Gasteiger partial charge in [-0.2, -0.15) is 0 Å². The fourth-order valence-electron chi connectivity index (χ4n) is 4.43. The number of rotatable bonds is 11. The molecule has 0 saturated carbocycles. The van der Waals surface area contributed by atoms with Gasteiger partial charge in [0.15, 0.2) is 0 Å². The van der Waals surface area contributed by atoms with E-state index in [0.717, 1.165) is 12.1 Å². The summed E-state index contributed by atoms with van der Waals surface area (Å²) in [5.41, 5.74) is 1.89. The smallest absolute Gasteiger partial charge is 0.322 e. The maximum Gasteiger partial charge on any atom is 0.322 e. The number of amides is 4. The van der Waals surface area contributed by atoms with Gasteiger partial charge in [-0.3, -0.25) is 14.5 Å². The minimum Gasteiger partial charge on any atom is -0.457 e. The molecule has 0 aliphatic carbocycles. The van der Waals surface area contributed by atoms with Crippen LogP contribution in [-0.2, 0) is 9.59 Å². The highest BCUT2D eigenvalue weighted by Gasteiger charge is 2.43. The third-order valence-electron chi connectivity index (χ3n) is 6.27. The van der Waals surface area contributed by atoms with Crippen LogP contribution >= 0.6 is 0 Å². The molecule has 4 rings (SSSR count). The van der Waals surface area contributed by atoms with Gasteiger partial charge in [0.1, 0.15) is 11.5 Å². The Morgan fingerprint density at radius 1 is 1.16 bits per heavy atom. The zero-order valence-electron chi connectivity index (χ0n) is 21.3. The van der Waals surface area contributed by atoms with Crippen LogP contribution < -0.4 is 15.4 Å². The first-order valence-electron chi connectivity index (χ1n) is 12.3. The van der Waals surface area contributed by atoms with Crippen molar-refractivity contribution >= 4 is 17.8 Å². The van der Waals surface area contributed by atoms with E-state index in [4.69, 9.17) is 4.74 Å². The molecule has 2 aromatic rings. The summed E-state index contributed by atoms with van der Waals surface area (Å²) in [6.45, 7) is 5.84. The first-order chi connectivity index (χ1) is 17.9. The van der Waals surface area contributed by atoms with Crippen molar-refractivity contribution in [1.29, 1.82) is 0 Å². The van der Waals surface area contributed by atoms with Crippen LogP contribution in [0.15, 0.2) is 78.5 Å². The van der Waals surface area contributed by atoms with E-state index in [1.54, 1.807) is 11.0 Å². The van der Waals surface area contributed by atoms with Crippen molar-refractivity contribution in [1.82, 2.24) is 25.3 Å². The van der Waals surface area contributed by atoms with Crippen LogP contribution in [0.25, 0.3) is 0 Å². The fraction of sp³-hybridized carbons (Fsp3) is 0.321. The number of hydrogen-bond acceptors (Lipinski definition) is 5. The summed E-state index contributed by atoms with van der Waals surface area (Å²) in [4.78, 5) is 44.1. The van der Waals surface area contributed by atoms with Gasteiger partial charge in [0.25, 0.3) is 5.91 Å². The molecule has 0 bridgehead atoms. The van der Waals surface area contributed by atoms with Gasteiger partial charge in [-0.15, -0.1) is 6.58 Å². The molecular weight excluding hydrogens is 470 g/mol. The maximum atomic E-state index is 13.6. The summed E-state index contributed by atoms with van der Waals surface area (Å²) in [5.74, 6) is 0.991. The zero-order valence-corrected chi connectivity index (χ0v) is 21.3. The van der Waals surface area contributed by atoms with Crippen LogP contribution in [0.3, 0.4) is 0 Å². The predicted octanol–water partition coefficient (Wildman–Crippen LogP) is 2.90. The van der Waals surface area contributed by atoms with Gasteiger partial charge in [0.2, 0.25) is 5.91 Å². The second kappa shape index (κ2) is 11.7. The number of carbonyl (C=O) groups is 3. The molecule has 2 aliphatic heterocycles. The lowest BCUT2D eigenvalue weighted by Gasteiger charge is -2.33. The number of carbonyl (C=O) groups excluding carboxylic acids is 3. The van der Waals surface area contributed by atoms with Crippen molar-refractivity contribution < 1.29 is 19.1 Å². The molecule has 1 atom stereocenters. The van der Waals surface area contributed by atoms with Crippen molar-refractivity contribution in [3.63, 3.8) is 0 Å². The SMILES string of the molecule is C=CCN1C(=O)NC(c2cccc(Oc3ccccc3)c2)C2=C1CN(CCC(=O)NCCN(C)C)C2=O. The molecule has 0 radical (unpaired) electrons. The third-order valence-corrected chi connectivity index (χ3v) is 6.27. The summed E-state index contributed by atoms with van der Waals surface area (Å²) < 4.78 is 5.97. The minimum atomic E-state index is -0.630. The Bertz CT molecular complexity index is 1190. The number of nitrogens with zero attached hydrogens (tertiary/aromatic N) is 3. The van der Waals surface area contributed by atoms with Crippen molar-refractivity contribution in [3.05, 3.63) is 84.1 Å². The molecule has 4 amide bonds. The minimum absolute atomic E-state index is 0.112. The summed E-state index contributed by atoms with van der Waals surface area (Å²) in [7, 11) is 3.88. The maximum absolute atomic E-state index is 13.6. The summed E-state index contributed by atoms with van der Waals surface area (Å²) in [6, 6.07) is 15.8. The van der Waals surface area contributed by atoms with Crippen molar-refractivity contribution in [2.75, 3.05) is 46.8 Å². The number of para-hydroxylation sites is 1. The van der Waals surface area contributed by atoms with Crippen LogP contribution in [-0.4, -0.2) is 79.4 Å². The zero-order chi connectivity index (χ0) is 26.4. The monoisotopic (exact) mass is 503 g/mol. The first kappa shape index (κ1) is 26.0. The lowest BCUT2D eigenvalue weighted by Crippen LogP contribution is -2.47. The Morgan fingerprint density at radius 2 is 1.92 bits per heavy atom. The lowest BCUT2D eigenvalue weighted by molar-refractivity contribution is -0.127. The molecule has 9 nitrogen and oxygen atoms in total. The highest BCUT2D eigenvalue weighted by Crippen LogP contribution is 2.37. The number of urea groups is 1.